The van der Waals surface area contributed by atoms with Gasteiger partial charge in [-0.1, -0.05) is 6.07 Å². The lowest BCUT2D eigenvalue weighted by atomic mass is 9.78. The molecule has 0 spiro atoms. The summed E-state index contributed by atoms with van der Waals surface area (Å²) >= 11 is 0. The number of nitrogens with two attached hydrogens (primary N) is 1. The third-order valence-electron chi connectivity index (χ3n) is 5.07. The van der Waals surface area contributed by atoms with Gasteiger partial charge in [0.2, 0.25) is 11.8 Å². The molecule has 0 fully saturated rings. The fourth-order valence-electron chi connectivity index (χ4n) is 3.40. The second-order valence-corrected chi connectivity index (χ2v) is 7.09. The minimum Gasteiger partial charge on any atom is -0.508 e. The summed E-state index contributed by atoms with van der Waals surface area (Å²) < 4.78 is 5.84. The lowest BCUT2D eigenvalue weighted by Crippen LogP contribution is -2.48. The predicted octanol–water partition coefficient (Wildman–Crippen LogP) is 2.71. The molecule has 27 heavy (non-hydrogen) atoms. The SMILES string of the molecule is Cc1cc(-c2nnc(-c3ccc4c(c3)C[C@](N)(CO)CC4)o2)ccc1O.S. The molecule has 1 atom stereocenters. The van der Waals surface area contributed by atoms with E-state index < -0.39 is 5.54 Å². The molecule has 0 aliphatic heterocycles. The van der Waals surface area contributed by atoms with Crippen LogP contribution in [-0.4, -0.2) is 32.6 Å². The van der Waals surface area contributed by atoms with Gasteiger partial charge in [0, 0.05) is 16.7 Å². The van der Waals surface area contributed by atoms with Gasteiger partial charge in [0.1, 0.15) is 5.75 Å². The molecule has 1 heterocycles. The maximum absolute atomic E-state index is 9.65. The molecule has 7 heteroatoms. The number of hydrogen-bond acceptors (Lipinski definition) is 6. The first kappa shape index (κ1) is 19.4. The topological polar surface area (TPSA) is 105 Å². The quantitative estimate of drug-likeness (QED) is 0.640. The second-order valence-electron chi connectivity index (χ2n) is 7.09. The average Bonchev–Trinajstić information content (AvgIpc) is 3.13. The molecule has 6 nitrogen and oxygen atoms in total. The van der Waals surface area contributed by atoms with Crippen LogP contribution in [0, 0.1) is 6.92 Å². The Balaban J connectivity index is 0.00000210. The molecule has 4 rings (SSSR count). The van der Waals surface area contributed by atoms with Gasteiger partial charge in [-0.15, -0.1) is 10.2 Å². The Kier molecular flexibility index (Phi) is 5.28. The molecular formula is C20H23N3O3S. The Bertz CT molecular complexity index is 973. The summed E-state index contributed by atoms with van der Waals surface area (Å²) in [7, 11) is 0. The van der Waals surface area contributed by atoms with E-state index in [-0.39, 0.29) is 25.9 Å². The van der Waals surface area contributed by atoms with E-state index >= 15 is 0 Å². The first-order valence-corrected chi connectivity index (χ1v) is 8.63. The smallest absolute Gasteiger partial charge is 0.248 e. The molecule has 0 saturated heterocycles. The number of aromatic hydroxyl groups is 1. The van der Waals surface area contributed by atoms with Crippen LogP contribution < -0.4 is 5.73 Å². The van der Waals surface area contributed by atoms with Crippen molar-refractivity contribution in [2.24, 2.45) is 5.73 Å². The third kappa shape index (κ3) is 3.71. The highest BCUT2D eigenvalue weighted by molar-refractivity contribution is 7.59. The monoisotopic (exact) mass is 385 g/mol. The van der Waals surface area contributed by atoms with Gasteiger partial charge in [-0.05, 0) is 73.2 Å². The Morgan fingerprint density at radius 2 is 1.74 bits per heavy atom. The zero-order valence-electron chi connectivity index (χ0n) is 15.1. The molecular weight excluding hydrogens is 362 g/mol. The largest absolute Gasteiger partial charge is 0.508 e. The summed E-state index contributed by atoms with van der Waals surface area (Å²) in [6.45, 7) is 1.79. The zero-order chi connectivity index (χ0) is 18.3. The van der Waals surface area contributed by atoms with Gasteiger partial charge in [0.05, 0.1) is 6.61 Å². The van der Waals surface area contributed by atoms with Gasteiger partial charge in [0.25, 0.3) is 0 Å². The molecule has 0 amide bonds. The number of aryl methyl sites for hydroxylation is 2. The third-order valence-corrected chi connectivity index (χ3v) is 5.07. The number of rotatable bonds is 3. The Hall–Kier alpha value is -2.35. The molecule has 0 saturated carbocycles. The summed E-state index contributed by atoms with van der Waals surface area (Å²) in [5.74, 6) is 1.08. The number of hydrogen-bond donors (Lipinski definition) is 3. The standard InChI is InChI=1S/C20H21N3O3.H2S/c1-12-8-14(4-5-17(12)25)18-22-23-19(26-18)15-3-2-13-6-7-20(21,11-24)10-16(13)9-15;/h2-5,8-9,24-25H,6-7,10-11,21H2,1H3;1H2/t20-;/m0./s1. The summed E-state index contributed by atoms with van der Waals surface area (Å²) in [5.41, 5.74) is 10.4. The van der Waals surface area contributed by atoms with E-state index in [0.717, 1.165) is 35.1 Å². The van der Waals surface area contributed by atoms with E-state index in [1.807, 2.05) is 25.1 Å². The fraction of sp³-hybridized carbons (Fsp3) is 0.300. The summed E-state index contributed by atoms with van der Waals surface area (Å²) in [4.78, 5) is 0. The van der Waals surface area contributed by atoms with Gasteiger partial charge in [-0.25, -0.2) is 0 Å². The zero-order valence-corrected chi connectivity index (χ0v) is 16.1. The highest BCUT2D eigenvalue weighted by atomic mass is 32.1. The molecule has 1 aliphatic rings. The lowest BCUT2D eigenvalue weighted by molar-refractivity contribution is 0.181. The molecule has 0 unspecified atom stereocenters. The minimum absolute atomic E-state index is 0. The van der Waals surface area contributed by atoms with Crippen molar-refractivity contribution in [1.29, 1.82) is 0 Å². The number of aromatic nitrogens is 2. The molecule has 1 aliphatic carbocycles. The van der Waals surface area contributed by atoms with Gasteiger partial charge in [0.15, 0.2) is 0 Å². The first-order chi connectivity index (χ1) is 12.5. The van der Waals surface area contributed by atoms with Crippen LogP contribution in [0.15, 0.2) is 40.8 Å². The van der Waals surface area contributed by atoms with E-state index in [2.05, 4.69) is 16.3 Å². The van der Waals surface area contributed by atoms with Crippen LogP contribution in [0.1, 0.15) is 23.1 Å². The van der Waals surface area contributed by atoms with E-state index in [9.17, 15) is 10.2 Å². The number of nitrogens with zero attached hydrogens (tertiary/aromatic N) is 2. The van der Waals surface area contributed by atoms with Crippen molar-refractivity contribution in [3.63, 3.8) is 0 Å². The molecule has 3 aromatic rings. The highest BCUT2D eigenvalue weighted by Crippen LogP contribution is 2.32. The van der Waals surface area contributed by atoms with Crippen molar-refractivity contribution in [2.75, 3.05) is 6.61 Å². The van der Waals surface area contributed by atoms with Crippen molar-refractivity contribution in [2.45, 2.75) is 31.7 Å². The molecule has 0 bridgehead atoms. The van der Waals surface area contributed by atoms with E-state index in [1.165, 1.54) is 5.56 Å². The maximum atomic E-state index is 9.65. The van der Waals surface area contributed by atoms with Crippen molar-refractivity contribution < 1.29 is 14.6 Å². The summed E-state index contributed by atoms with van der Waals surface area (Å²) in [6, 6.07) is 11.2. The number of aliphatic hydroxyl groups is 1. The summed E-state index contributed by atoms with van der Waals surface area (Å²) in [6.07, 6.45) is 2.26. The second kappa shape index (κ2) is 7.34. The number of fused-ring (bicyclic) bond motifs is 1. The van der Waals surface area contributed by atoms with E-state index in [4.69, 9.17) is 10.2 Å². The highest BCUT2D eigenvalue weighted by Gasteiger charge is 2.30. The predicted molar refractivity (Wildman–Crippen MR) is 108 cm³/mol. The van der Waals surface area contributed by atoms with E-state index in [0.29, 0.717) is 18.2 Å². The maximum Gasteiger partial charge on any atom is 0.248 e. The molecule has 2 aromatic carbocycles. The van der Waals surface area contributed by atoms with Gasteiger partial charge >= 0.3 is 0 Å². The lowest BCUT2D eigenvalue weighted by Gasteiger charge is -2.33. The van der Waals surface area contributed by atoms with Crippen LogP contribution in [0.25, 0.3) is 22.9 Å². The fourth-order valence-corrected chi connectivity index (χ4v) is 3.40. The number of aliphatic hydroxyl groups excluding tert-OH is 1. The van der Waals surface area contributed by atoms with Crippen molar-refractivity contribution in [1.82, 2.24) is 10.2 Å². The number of phenolic OH excluding ortho intramolecular Hbond substituents is 1. The van der Waals surface area contributed by atoms with E-state index in [1.54, 1.807) is 12.1 Å². The Morgan fingerprint density at radius 1 is 1.07 bits per heavy atom. The Labute approximate surface area is 164 Å². The normalized spacial score (nSPS) is 18.6. The Morgan fingerprint density at radius 3 is 2.41 bits per heavy atom. The molecule has 142 valence electrons. The van der Waals surface area contributed by atoms with Crippen LogP contribution in [0.3, 0.4) is 0 Å². The molecule has 0 radical (unpaired) electrons. The van der Waals surface area contributed by atoms with Crippen LogP contribution >= 0.6 is 13.5 Å². The van der Waals surface area contributed by atoms with Gasteiger partial charge in [-0.2, -0.15) is 13.5 Å². The molecule has 1 aromatic heterocycles. The average molecular weight is 385 g/mol. The van der Waals surface area contributed by atoms with Crippen molar-refractivity contribution in [3.05, 3.63) is 53.1 Å². The van der Waals surface area contributed by atoms with Crippen molar-refractivity contribution >= 4 is 13.5 Å². The van der Waals surface area contributed by atoms with Crippen LogP contribution in [0.4, 0.5) is 0 Å². The van der Waals surface area contributed by atoms with Gasteiger partial charge in [-0.3, -0.25) is 0 Å². The first-order valence-electron chi connectivity index (χ1n) is 8.63. The minimum atomic E-state index is -0.560. The van der Waals surface area contributed by atoms with Gasteiger partial charge < -0.3 is 20.4 Å². The number of phenols is 1. The number of benzene rings is 2. The summed E-state index contributed by atoms with van der Waals surface area (Å²) in [5, 5.41) is 27.5. The van der Waals surface area contributed by atoms with Crippen LogP contribution in [0.2, 0.25) is 0 Å². The van der Waals surface area contributed by atoms with Crippen LogP contribution in [-0.2, 0) is 12.8 Å². The van der Waals surface area contributed by atoms with Crippen LogP contribution in [0.5, 0.6) is 5.75 Å². The van der Waals surface area contributed by atoms with Crippen molar-refractivity contribution in [3.8, 4) is 28.7 Å². The molecule has 4 N–H and O–H groups in total.